The van der Waals surface area contributed by atoms with Gasteiger partial charge in [-0.1, -0.05) is 5.10 Å². The summed E-state index contributed by atoms with van der Waals surface area (Å²) >= 11 is 0. The van der Waals surface area contributed by atoms with Gasteiger partial charge in [0.05, 0.1) is 6.26 Å². The number of rotatable bonds is 3. The normalized spacial score (nSPS) is 12.4. The van der Waals surface area contributed by atoms with Crippen molar-refractivity contribution in [1.82, 2.24) is 10.2 Å². The van der Waals surface area contributed by atoms with Gasteiger partial charge in [-0.3, -0.25) is 10.1 Å². The number of amides is 1. The minimum absolute atomic E-state index is 0.0194. The highest BCUT2D eigenvalue weighted by Gasteiger charge is 2.18. The van der Waals surface area contributed by atoms with Gasteiger partial charge in [-0.25, -0.2) is 0 Å². The Morgan fingerprint density at radius 2 is 2.05 bits per heavy atom. The second-order valence-electron chi connectivity index (χ2n) is 4.41. The zero-order valence-electron chi connectivity index (χ0n) is 11.1. The summed E-state index contributed by atoms with van der Waals surface area (Å²) in [5, 5.41) is 10.1. The molecule has 0 bridgehead atoms. The molecule has 8 heteroatoms. The summed E-state index contributed by atoms with van der Waals surface area (Å²) in [6.07, 6.45) is 1.49. The molecule has 22 heavy (non-hydrogen) atoms. The van der Waals surface area contributed by atoms with Gasteiger partial charge in [0.1, 0.15) is 0 Å². The van der Waals surface area contributed by atoms with Crippen molar-refractivity contribution >= 4 is 11.9 Å². The average molecular weight is 299 g/mol. The van der Waals surface area contributed by atoms with Crippen molar-refractivity contribution < 1.29 is 23.1 Å². The number of nitrogens with one attached hydrogen (secondary N) is 1. The van der Waals surface area contributed by atoms with Crippen LogP contribution in [0.15, 0.2) is 45.4 Å². The molecule has 1 amide bonds. The Bertz CT molecular complexity index is 825. The molecule has 0 aliphatic carbocycles. The highest BCUT2D eigenvalue weighted by atomic mass is 16.7. The van der Waals surface area contributed by atoms with Gasteiger partial charge in [0.2, 0.25) is 6.79 Å². The zero-order valence-corrected chi connectivity index (χ0v) is 11.1. The number of nitrogens with zero attached hydrogens (tertiary/aromatic N) is 2. The fraction of sp³-hybridized carbons (Fsp3) is 0.0714. The molecule has 110 valence electrons. The standard InChI is InChI=1S/C14H9N3O5/c18-12(8-3-4-9-11(6-8)21-7-20-9)15-14-17-16-13(22-14)10-2-1-5-19-10/h1-6H,7H2,(H,15,17,18). The topological polar surface area (TPSA) is 99.6 Å². The molecule has 0 saturated carbocycles. The van der Waals surface area contributed by atoms with E-state index in [1.165, 1.54) is 6.26 Å². The second kappa shape index (κ2) is 4.92. The zero-order chi connectivity index (χ0) is 14.9. The van der Waals surface area contributed by atoms with Crippen molar-refractivity contribution in [1.29, 1.82) is 0 Å². The second-order valence-corrected chi connectivity index (χ2v) is 4.41. The lowest BCUT2D eigenvalue weighted by Gasteiger charge is -2.01. The predicted molar refractivity (Wildman–Crippen MR) is 72.5 cm³/mol. The van der Waals surface area contributed by atoms with Crippen LogP contribution < -0.4 is 14.8 Å². The predicted octanol–water partition coefficient (Wildman–Crippen LogP) is 2.31. The summed E-state index contributed by atoms with van der Waals surface area (Å²) in [5.41, 5.74) is 0.391. The van der Waals surface area contributed by atoms with E-state index in [9.17, 15) is 4.79 Å². The van der Waals surface area contributed by atoms with Crippen LogP contribution in [-0.2, 0) is 0 Å². The Hall–Kier alpha value is -3.29. The summed E-state index contributed by atoms with van der Waals surface area (Å²) in [5.74, 6) is 1.35. The SMILES string of the molecule is O=C(Nc1nnc(-c2ccco2)o1)c1ccc2c(c1)OCO2. The molecule has 3 aromatic rings. The summed E-state index contributed by atoms with van der Waals surface area (Å²) in [6.45, 7) is 0.149. The van der Waals surface area contributed by atoms with Crippen molar-refractivity contribution in [3.8, 4) is 23.1 Å². The van der Waals surface area contributed by atoms with Crippen LogP contribution in [0.5, 0.6) is 11.5 Å². The fourth-order valence-corrected chi connectivity index (χ4v) is 1.98. The number of aromatic nitrogens is 2. The number of hydrogen-bond acceptors (Lipinski definition) is 7. The smallest absolute Gasteiger partial charge is 0.322 e. The van der Waals surface area contributed by atoms with Crippen LogP contribution in [0.1, 0.15) is 10.4 Å². The lowest BCUT2D eigenvalue weighted by molar-refractivity contribution is 0.102. The van der Waals surface area contributed by atoms with E-state index in [0.717, 1.165) is 0 Å². The van der Waals surface area contributed by atoms with Crippen LogP contribution in [0.3, 0.4) is 0 Å². The molecule has 2 aromatic heterocycles. The molecular weight excluding hydrogens is 290 g/mol. The molecule has 1 aromatic carbocycles. The Balaban J connectivity index is 1.52. The number of carbonyl (C=O) groups is 1. The molecule has 0 saturated heterocycles. The quantitative estimate of drug-likeness (QED) is 0.792. The van der Waals surface area contributed by atoms with E-state index in [4.69, 9.17) is 18.3 Å². The number of furan rings is 1. The monoisotopic (exact) mass is 299 g/mol. The van der Waals surface area contributed by atoms with E-state index < -0.39 is 5.91 Å². The summed E-state index contributed by atoms with van der Waals surface area (Å²) in [6, 6.07) is 8.23. The molecule has 1 aliphatic rings. The number of ether oxygens (including phenoxy) is 2. The van der Waals surface area contributed by atoms with Crippen LogP contribution in [0.25, 0.3) is 11.7 Å². The number of fused-ring (bicyclic) bond motifs is 1. The van der Waals surface area contributed by atoms with Gasteiger partial charge in [0.25, 0.3) is 11.8 Å². The molecular formula is C14H9N3O5. The molecule has 8 nitrogen and oxygen atoms in total. The molecule has 0 spiro atoms. The summed E-state index contributed by atoms with van der Waals surface area (Å²) < 4.78 is 20.9. The third kappa shape index (κ3) is 2.16. The number of benzene rings is 1. The first-order valence-electron chi connectivity index (χ1n) is 6.38. The first-order valence-corrected chi connectivity index (χ1v) is 6.38. The van der Waals surface area contributed by atoms with Crippen LogP contribution >= 0.6 is 0 Å². The lowest BCUT2D eigenvalue weighted by atomic mass is 10.2. The Kier molecular flexibility index (Phi) is 2.78. The molecule has 4 rings (SSSR count). The molecule has 1 N–H and O–H groups in total. The maximum atomic E-state index is 12.2. The van der Waals surface area contributed by atoms with Crippen molar-refractivity contribution in [2.45, 2.75) is 0 Å². The van der Waals surface area contributed by atoms with Crippen molar-refractivity contribution in [3.05, 3.63) is 42.2 Å². The Morgan fingerprint density at radius 1 is 1.14 bits per heavy atom. The van der Waals surface area contributed by atoms with Crippen molar-refractivity contribution in [3.63, 3.8) is 0 Å². The minimum Gasteiger partial charge on any atom is -0.459 e. The minimum atomic E-state index is -0.395. The van der Waals surface area contributed by atoms with E-state index in [0.29, 0.717) is 22.8 Å². The van der Waals surface area contributed by atoms with Gasteiger partial charge in [-0.05, 0) is 30.3 Å². The van der Waals surface area contributed by atoms with E-state index in [-0.39, 0.29) is 18.7 Å². The molecule has 1 aliphatic heterocycles. The van der Waals surface area contributed by atoms with Crippen molar-refractivity contribution in [2.75, 3.05) is 12.1 Å². The number of carbonyl (C=O) groups excluding carboxylic acids is 1. The molecule has 0 radical (unpaired) electrons. The maximum Gasteiger partial charge on any atom is 0.322 e. The van der Waals surface area contributed by atoms with E-state index in [1.807, 2.05) is 0 Å². The van der Waals surface area contributed by atoms with Crippen LogP contribution in [0.4, 0.5) is 6.01 Å². The highest BCUT2D eigenvalue weighted by molar-refractivity contribution is 6.03. The third-order valence-corrected chi connectivity index (χ3v) is 3.01. The van der Waals surface area contributed by atoms with Crippen LogP contribution in [0, 0.1) is 0 Å². The van der Waals surface area contributed by atoms with E-state index in [2.05, 4.69) is 15.5 Å². The molecule has 3 heterocycles. The third-order valence-electron chi connectivity index (χ3n) is 3.01. The van der Waals surface area contributed by atoms with Gasteiger partial charge >= 0.3 is 6.01 Å². The highest BCUT2D eigenvalue weighted by Crippen LogP contribution is 2.32. The summed E-state index contributed by atoms with van der Waals surface area (Å²) in [7, 11) is 0. The van der Waals surface area contributed by atoms with E-state index in [1.54, 1.807) is 30.3 Å². The largest absolute Gasteiger partial charge is 0.459 e. The van der Waals surface area contributed by atoms with Crippen LogP contribution in [-0.4, -0.2) is 22.9 Å². The van der Waals surface area contributed by atoms with Crippen LogP contribution in [0.2, 0.25) is 0 Å². The first-order chi connectivity index (χ1) is 10.8. The number of hydrogen-bond donors (Lipinski definition) is 1. The Morgan fingerprint density at radius 3 is 2.91 bits per heavy atom. The van der Waals surface area contributed by atoms with Gasteiger partial charge in [0.15, 0.2) is 17.3 Å². The summed E-state index contributed by atoms with van der Waals surface area (Å²) in [4.78, 5) is 12.2. The van der Waals surface area contributed by atoms with Gasteiger partial charge in [-0.2, -0.15) is 0 Å². The maximum absolute atomic E-state index is 12.2. The van der Waals surface area contributed by atoms with Gasteiger partial charge in [0, 0.05) is 5.56 Å². The fourth-order valence-electron chi connectivity index (χ4n) is 1.98. The van der Waals surface area contributed by atoms with Gasteiger partial charge < -0.3 is 18.3 Å². The van der Waals surface area contributed by atoms with Crippen molar-refractivity contribution in [2.24, 2.45) is 0 Å². The first kappa shape index (κ1) is 12.5. The molecule has 0 fully saturated rings. The number of anilines is 1. The van der Waals surface area contributed by atoms with Gasteiger partial charge in [-0.15, -0.1) is 5.10 Å². The molecule has 0 unspecified atom stereocenters. The van der Waals surface area contributed by atoms with E-state index >= 15 is 0 Å². The Labute approximate surface area is 123 Å². The lowest BCUT2D eigenvalue weighted by Crippen LogP contribution is -2.12. The average Bonchev–Trinajstić information content (AvgIpc) is 3.27. The molecule has 0 atom stereocenters.